The number of pyridine rings is 2. The second-order valence-electron chi connectivity index (χ2n) is 5.83. The molecule has 25 heavy (non-hydrogen) atoms. The Morgan fingerprint density at radius 3 is 2.72 bits per heavy atom. The molecule has 0 radical (unpaired) electrons. The number of carbonyl (C=O) groups excluding carboxylic acids is 1. The van der Waals surface area contributed by atoms with Crippen LogP contribution in [0, 0.1) is 6.92 Å². The molecule has 126 valence electrons. The van der Waals surface area contributed by atoms with Crippen molar-refractivity contribution in [2.45, 2.75) is 13.8 Å². The van der Waals surface area contributed by atoms with E-state index in [1.807, 2.05) is 79.4 Å². The molecule has 0 saturated heterocycles. The molecule has 4 nitrogen and oxygen atoms in total. The van der Waals surface area contributed by atoms with Gasteiger partial charge in [0.2, 0.25) is 0 Å². The molecule has 1 amide bonds. The average molecular weight is 331 g/mol. The van der Waals surface area contributed by atoms with Gasteiger partial charge in [0.15, 0.2) is 5.65 Å². The monoisotopic (exact) mass is 331 g/mol. The minimum atomic E-state index is -0.00374. The van der Waals surface area contributed by atoms with Gasteiger partial charge in [0.25, 0.3) is 5.91 Å². The highest BCUT2D eigenvalue weighted by atomic mass is 16.2. The van der Waals surface area contributed by atoms with Crippen molar-refractivity contribution in [2.75, 3.05) is 13.1 Å². The summed E-state index contributed by atoms with van der Waals surface area (Å²) in [6.45, 7) is 5.05. The van der Waals surface area contributed by atoms with Gasteiger partial charge >= 0.3 is 0 Å². The molecule has 0 aliphatic rings. The van der Waals surface area contributed by atoms with Crippen LogP contribution in [0.15, 0.2) is 60.8 Å². The van der Waals surface area contributed by atoms with E-state index in [2.05, 4.69) is 9.97 Å². The van der Waals surface area contributed by atoms with E-state index < -0.39 is 0 Å². The molecule has 0 bridgehead atoms. The number of nitrogens with zero attached hydrogens (tertiary/aromatic N) is 3. The van der Waals surface area contributed by atoms with Gasteiger partial charge < -0.3 is 4.90 Å². The minimum absolute atomic E-state index is 0.00374. The van der Waals surface area contributed by atoms with E-state index in [0.29, 0.717) is 30.0 Å². The summed E-state index contributed by atoms with van der Waals surface area (Å²) >= 11 is 0. The second kappa shape index (κ2) is 7.71. The highest BCUT2D eigenvalue weighted by Crippen LogP contribution is 2.16. The van der Waals surface area contributed by atoms with Crippen LogP contribution in [0.2, 0.25) is 0 Å². The predicted octanol–water partition coefficient (Wildman–Crippen LogP) is 4.11. The van der Waals surface area contributed by atoms with E-state index >= 15 is 0 Å². The number of hydrogen-bond donors (Lipinski definition) is 0. The summed E-state index contributed by atoms with van der Waals surface area (Å²) in [5, 5.41) is 0.882. The first-order valence-corrected chi connectivity index (χ1v) is 8.42. The van der Waals surface area contributed by atoms with Gasteiger partial charge in [-0.3, -0.25) is 4.79 Å². The SMILES string of the molecule is CCN(CC=Cc1ccccc1)C(=O)c1cc2cccnc2nc1C. The molecule has 0 fully saturated rings. The van der Waals surface area contributed by atoms with Crippen molar-refractivity contribution in [2.24, 2.45) is 0 Å². The van der Waals surface area contributed by atoms with Gasteiger partial charge in [0.1, 0.15) is 0 Å². The summed E-state index contributed by atoms with van der Waals surface area (Å²) in [7, 11) is 0. The Balaban J connectivity index is 1.80. The van der Waals surface area contributed by atoms with Crippen molar-refractivity contribution in [3.05, 3.63) is 77.6 Å². The van der Waals surface area contributed by atoms with Crippen LogP contribution in [0.4, 0.5) is 0 Å². The zero-order valence-corrected chi connectivity index (χ0v) is 14.5. The van der Waals surface area contributed by atoms with Gasteiger partial charge in [-0.1, -0.05) is 42.5 Å². The first kappa shape index (κ1) is 16.8. The molecule has 0 saturated carbocycles. The molecule has 0 aliphatic heterocycles. The smallest absolute Gasteiger partial charge is 0.255 e. The van der Waals surface area contributed by atoms with Crippen LogP contribution in [0.25, 0.3) is 17.1 Å². The lowest BCUT2D eigenvalue weighted by atomic mass is 10.1. The predicted molar refractivity (Wildman–Crippen MR) is 101 cm³/mol. The van der Waals surface area contributed by atoms with Gasteiger partial charge in [-0.15, -0.1) is 0 Å². The van der Waals surface area contributed by atoms with Gasteiger partial charge in [-0.2, -0.15) is 0 Å². The van der Waals surface area contributed by atoms with Crippen molar-refractivity contribution in [1.82, 2.24) is 14.9 Å². The van der Waals surface area contributed by atoms with Crippen LogP contribution >= 0.6 is 0 Å². The number of benzene rings is 1. The molecule has 0 atom stereocenters. The van der Waals surface area contributed by atoms with Crippen molar-refractivity contribution < 1.29 is 4.79 Å². The highest BCUT2D eigenvalue weighted by molar-refractivity contribution is 5.98. The van der Waals surface area contributed by atoms with E-state index in [9.17, 15) is 4.79 Å². The molecule has 3 aromatic rings. The van der Waals surface area contributed by atoms with Gasteiger partial charge in [0, 0.05) is 24.7 Å². The lowest BCUT2D eigenvalue weighted by Crippen LogP contribution is -2.31. The standard InChI is InChI=1S/C21H21N3O/c1-3-24(14-8-11-17-9-5-4-6-10-17)21(25)19-15-18-12-7-13-22-20(18)23-16(19)2/h4-13,15H,3,14H2,1-2H3. The topological polar surface area (TPSA) is 46.1 Å². The van der Waals surface area contributed by atoms with E-state index in [0.717, 1.165) is 10.9 Å². The summed E-state index contributed by atoms with van der Waals surface area (Å²) < 4.78 is 0. The fourth-order valence-electron chi connectivity index (χ4n) is 2.72. The van der Waals surface area contributed by atoms with E-state index in [4.69, 9.17) is 0 Å². The number of fused-ring (bicyclic) bond motifs is 1. The van der Waals surface area contributed by atoms with Crippen molar-refractivity contribution in [3.8, 4) is 0 Å². The second-order valence-corrected chi connectivity index (χ2v) is 5.83. The van der Waals surface area contributed by atoms with Gasteiger partial charge in [0.05, 0.1) is 11.3 Å². The molecule has 3 rings (SSSR count). The van der Waals surface area contributed by atoms with Crippen molar-refractivity contribution in [1.29, 1.82) is 0 Å². The third-order valence-corrected chi connectivity index (χ3v) is 4.12. The number of likely N-dealkylation sites (N-methyl/N-ethyl adjacent to an activating group) is 1. The zero-order valence-electron chi connectivity index (χ0n) is 14.5. The number of aryl methyl sites for hydroxylation is 1. The Morgan fingerprint density at radius 1 is 1.16 bits per heavy atom. The zero-order chi connectivity index (χ0) is 17.6. The van der Waals surface area contributed by atoms with Crippen LogP contribution in [-0.2, 0) is 0 Å². The molecule has 2 aromatic heterocycles. The molecule has 4 heteroatoms. The Hall–Kier alpha value is -3.01. The van der Waals surface area contributed by atoms with Gasteiger partial charge in [-0.25, -0.2) is 9.97 Å². The molecule has 0 N–H and O–H groups in total. The maximum atomic E-state index is 12.9. The normalized spacial score (nSPS) is 11.1. The van der Waals surface area contributed by atoms with Crippen LogP contribution < -0.4 is 0 Å². The number of rotatable bonds is 5. The fraction of sp³-hybridized carbons (Fsp3) is 0.190. The van der Waals surface area contributed by atoms with Crippen LogP contribution in [0.5, 0.6) is 0 Å². The third-order valence-electron chi connectivity index (χ3n) is 4.12. The Morgan fingerprint density at radius 2 is 1.96 bits per heavy atom. The Bertz CT molecular complexity index is 903. The van der Waals surface area contributed by atoms with E-state index in [1.54, 1.807) is 6.20 Å². The molecule has 0 spiro atoms. The minimum Gasteiger partial charge on any atom is -0.335 e. The lowest BCUT2D eigenvalue weighted by Gasteiger charge is -2.20. The first-order valence-electron chi connectivity index (χ1n) is 8.42. The quantitative estimate of drug-likeness (QED) is 0.707. The summed E-state index contributed by atoms with van der Waals surface area (Å²) in [6, 6.07) is 15.7. The van der Waals surface area contributed by atoms with Crippen molar-refractivity contribution in [3.63, 3.8) is 0 Å². The Kier molecular flexibility index (Phi) is 5.19. The number of amides is 1. The van der Waals surface area contributed by atoms with Crippen LogP contribution in [0.1, 0.15) is 28.5 Å². The highest BCUT2D eigenvalue weighted by Gasteiger charge is 2.17. The third kappa shape index (κ3) is 3.91. The van der Waals surface area contributed by atoms with E-state index in [-0.39, 0.29) is 5.91 Å². The summed E-state index contributed by atoms with van der Waals surface area (Å²) in [5.41, 5.74) is 3.14. The molecule has 0 aliphatic carbocycles. The Labute approximate surface area is 147 Å². The van der Waals surface area contributed by atoms with Crippen molar-refractivity contribution >= 4 is 23.0 Å². The molecular weight excluding hydrogens is 310 g/mol. The lowest BCUT2D eigenvalue weighted by molar-refractivity contribution is 0.0781. The maximum absolute atomic E-state index is 12.9. The molecule has 2 heterocycles. The average Bonchev–Trinajstić information content (AvgIpc) is 2.65. The first-order chi connectivity index (χ1) is 12.2. The van der Waals surface area contributed by atoms with E-state index in [1.165, 1.54) is 0 Å². The molecular formula is C21H21N3O. The number of hydrogen-bond acceptors (Lipinski definition) is 3. The van der Waals surface area contributed by atoms with Crippen LogP contribution in [-0.4, -0.2) is 33.9 Å². The molecule has 1 aromatic carbocycles. The van der Waals surface area contributed by atoms with Gasteiger partial charge in [-0.05, 0) is 37.6 Å². The number of carbonyl (C=O) groups is 1. The maximum Gasteiger partial charge on any atom is 0.255 e. The van der Waals surface area contributed by atoms with Crippen LogP contribution in [0.3, 0.4) is 0 Å². The summed E-state index contributed by atoms with van der Waals surface area (Å²) in [6.07, 6.45) is 5.76. The largest absolute Gasteiger partial charge is 0.335 e. The fourth-order valence-corrected chi connectivity index (χ4v) is 2.72. The molecule has 0 unspecified atom stereocenters. The summed E-state index contributed by atoms with van der Waals surface area (Å²) in [5.74, 6) is -0.00374. The summed E-state index contributed by atoms with van der Waals surface area (Å²) in [4.78, 5) is 23.4. The number of aromatic nitrogens is 2.